The lowest BCUT2D eigenvalue weighted by Gasteiger charge is -2.28. The van der Waals surface area contributed by atoms with Gasteiger partial charge < -0.3 is 5.32 Å². The van der Waals surface area contributed by atoms with E-state index < -0.39 is 10.0 Å². The van der Waals surface area contributed by atoms with Gasteiger partial charge in [0.25, 0.3) is 10.0 Å². The Balaban J connectivity index is 1.59. The Morgan fingerprint density at radius 2 is 1.97 bits per heavy atom. The van der Waals surface area contributed by atoms with Crippen molar-refractivity contribution in [2.24, 2.45) is 0 Å². The van der Waals surface area contributed by atoms with E-state index in [4.69, 9.17) is 11.6 Å². The zero-order chi connectivity index (χ0) is 22.3. The number of sulfonamides is 1. The molecule has 0 aliphatic carbocycles. The monoisotopic (exact) mass is 474 g/mol. The molecule has 0 spiro atoms. The third kappa shape index (κ3) is 4.13. The number of nitrogens with one attached hydrogen (secondary N) is 1. The van der Waals surface area contributed by atoms with Crippen LogP contribution in [0.25, 0.3) is 11.3 Å². The molecule has 0 fully saturated rings. The molecule has 0 saturated carbocycles. The van der Waals surface area contributed by atoms with E-state index in [1.165, 1.54) is 17.5 Å². The van der Waals surface area contributed by atoms with Crippen molar-refractivity contribution in [2.45, 2.75) is 23.9 Å². The van der Waals surface area contributed by atoms with E-state index in [9.17, 15) is 13.2 Å². The number of aryl methyl sites for hydroxylation is 2. The minimum Gasteiger partial charge on any atom is -0.325 e. The van der Waals surface area contributed by atoms with Gasteiger partial charge in [0, 0.05) is 23.3 Å². The molecule has 2 heterocycles. The van der Waals surface area contributed by atoms with Crippen LogP contribution in [0.4, 0.5) is 11.4 Å². The normalized spacial score (nSPS) is 14.0. The number of amides is 1. The lowest BCUT2D eigenvalue weighted by atomic mass is 10.1. The maximum atomic E-state index is 12.8. The van der Waals surface area contributed by atoms with Gasteiger partial charge in [-0.3, -0.25) is 9.10 Å². The van der Waals surface area contributed by atoms with Gasteiger partial charge in [-0.05, 0) is 49.2 Å². The fourth-order valence-corrected chi connectivity index (χ4v) is 5.33. The van der Waals surface area contributed by atoms with E-state index >= 15 is 0 Å². The largest absolute Gasteiger partial charge is 0.325 e. The maximum Gasteiger partial charge on any atom is 0.267 e. The van der Waals surface area contributed by atoms with Crippen LogP contribution < -0.4 is 9.62 Å². The second kappa shape index (κ2) is 8.14. The highest BCUT2D eigenvalue weighted by Gasteiger charge is 2.34. The summed E-state index contributed by atoms with van der Waals surface area (Å²) in [5.74, 6) is -0.114. The first-order valence-corrected chi connectivity index (χ1v) is 12.1. The molecule has 0 unspecified atom stereocenters. The second-order valence-electron chi connectivity index (χ2n) is 7.15. The Kier molecular flexibility index (Phi) is 5.67. The van der Waals surface area contributed by atoms with Crippen LogP contribution >= 0.6 is 23.4 Å². The fraction of sp³-hybridized carbons (Fsp3) is 0.190. The number of carbonyl (C=O) groups is 1. The van der Waals surface area contributed by atoms with Gasteiger partial charge in [-0.15, -0.1) is 0 Å². The fourth-order valence-electron chi connectivity index (χ4n) is 3.24. The van der Waals surface area contributed by atoms with Gasteiger partial charge >= 0.3 is 0 Å². The van der Waals surface area contributed by atoms with E-state index in [-0.39, 0.29) is 22.2 Å². The maximum absolute atomic E-state index is 12.8. The summed E-state index contributed by atoms with van der Waals surface area (Å²) in [7, 11) is -2.29. The molecule has 1 aliphatic heterocycles. The molecule has 1 aliphatic rings. The molecule has 31 heavy (non-hydrogen) atoms. The van der Waals surface area contributed by atoms with Crippen molar-refractivity contribution in [2.75, 3.05) is 22.4 Å². The second-order valence-corrected chi connectivity index (χ2v) is 10.5. The third-order valence-corrected chi connectivity index (χ3v) is 7.79. The van der Waals surface area contributed by atoms with E-state index in [2.05, 4.69) is 15.3 Å². The smallest absolute Gasteiger partial charge is 0.267 e. The lowest BCUT2D eigenvalue weighted by Crippen LogP contribution is -2.31. The highest BCUT2D eigenvalue weighted by molar-refractivity contribution is 7.99. The number of fused-ring (bicyclic) bond motifs is 3. The van der Waals surface area contributed by atoms with Crippen molar-refractivity contribution in [3.05, 3.63) is 58.7 Å². The van der Waals surface area contributed by atoms with E-state index in [1.54, 1.807) is 18.2 Å². The van der Waals surface area contributed by atoms with Gasteiger partial charge in [0.15, 0.2) is 5.16 Å². The molecule has 2 aromatic carbocycles. The van der Waals surface area contributed by atoms with Crippen LogP contribution in [-0.2, 0) is 14.8 Å². The minimum absolute atomic E-state index is 0.00829. The molecule has 1 aromatic heterocycles. The predicted molar refractivity (Wildman–Crippen MR) is 123 cm³/mol. The van der Waals surface area contributed by atoms with Crippen LogP contribution in [0.5, 0.6) is 0 Å². The summed E-state index contributed by atoms with van der Waals surface area (Å²) in [5, 5.41) is 3.67. The summed E-state index contributed by atoms with van der Waals surface area (Å²) < 4.78 is 26.9. The summed E-state index contributed by atoms with van der Waals surface area (Å²) >= 11 is 7.27. The number of rotatable bonds is 4. The van der Waals surface area contributed by atoms with Crippen LogP contribution in [0.2, 0.25) is 5.02 Å². The number of anilines is 2. The Labute approximate surface area is 189 Å². The van der Waals surface area contributed by atoms with Gasteiger partial charge in [0.2, 0.25) is 5.91 Å². The molecule has 0 atom stereocenters. The van der Waals surface area contributed by atoms with E-state index in [0.29, 0.717) is 21.4 Å². The summed E-state index contributed by atoms with van der Waals surface area (Å²) in [6, 6.07) is 10.8. The Morgan fingerprint density at radius 3 is 2.74 bits per heavy atom. The van der Waals surface area contributed by atoms with E-state index in [0.717, 1.165) is 28.6 Å². The SMILES string of the molecule is Cc1ccc(C)c(NC(=O)CSc2ncc3c(n2)-c2cc(Cl)ccc2N(C)S3(=O)=O)c1. The number of thioether (sulfide) groups is 1. The van der Waals surface area contributed by atoms with Gasteiger partial charge in [-0.25, -0.2) is 18.4 Å². The van der Waals surface area contributed by atoms with Crippen LogP contribution in [0.1, 0.15) is 11.1 Å². The quantitative estimate of drug-likeness (QED) is 0.448. The molecule has 7 nitrogen and oxygen atoms in total. The average Bonchev–Trinajstić information content (AvgIpc) is 2.73. The molecular weight excluding hydrogens is 456 g/mol. The molecular formula is C21H19ClN4O3S2. The first-order valence-electron chi connectivity index (χ1n) is 9.32. The predicted octanol–water partition coefficient (Wildman–Crippen LogP) is 4.28. The number of nitrogens with zero attached hydrogens (tertiary/aromatic N) is 3. The summed E-state index contributed by atoms with van der Waals surface area (Å²) in [4.78, 5) is 21.0. The Bertz CT molecular complexity index is 1310. The van der Waals surface area contributed by atoms with Crippen molar-refractivity contribution in [3.8, 4) is 11.3 Å². The first kappa shape index (κ1) is 21.6. The van der Waals surface area contributed by atoms with Crippen LogP contribution in [0.3, 0.4) is 0 Å². The first-order chi connectivity index (χ1) is 14.7. The zero-order valence-electron chi connectivity index (χ0n) is 17.0. The van der Waals surface area contributed by atoms with E-state index in [1.807, 2.05) is 32.0 Å². The molecule has 0 radical (unpaired) electrons. The molecule has 3 aromatic rings. The minimum atomic E-state index is -3.77. The van der Waals surface area contributed by atoms with Crippen LogP contribution in [0, 0.1) is 13.8 Å². The summed E-state index contributed by atoms with van der Waals surface area (Å²) in [6.45, 7) is 3.88. The number of aromatic nitrogens is 2. The van der Waals surface area contributed by atoms with Gasteiger partial charge in [-0.1, -0.05) is 35.5 Å². The molecule has 4 rings (SSSR count). The van der Waals surface area contributed by atoms with Crippen molar-refractivity contribution in [1.29, 1.82) is 0 Å². The number of hydrogen-bond acceptors (Lipinski definition) is 6. The average molecular weight is 475 g/mol. The molecule has 1 amide bonds. The summed E-state index contributed by atoms with van der Waals surface area (Å²) in [5.41, 5.74) is 4.15. The van der Waals surface area contributed by atoms with Crippen LogP contribution in [0.15, 0.2) is 52.6 Å². The zero-order valence-corrected chi connectivity index (χ0v) is 19.4. The molecule has 10 heteroatoms. The molecule has 0 saturated heterocycles. The highest BCUT2D eigenvalue weighted by atomic mass is 35.5. The van der Waals surface area contributed by atoms with Gasteiger partial charge in [0.05, 0.1) is 23.3 Å². The molecule has 1 N–H and O–H groups in total. The number of halogens is 1. The summed E-state index contributed by atoms with van der Waals surface area (Å²) in [6.07, 6.45) is 1.28. The van der Waals surface area contributed by atoms with Crippen LogP contribution in [-0.4, -0.2) is 37.1 Å². The van der Waals surface area contributed by atoms with Crippen molar-refractivity contribution in [3.63, 3.8) is 0 Å². The van der Waals surface area contributed by atoms with Crippen molar-refractivity contribution in [1.82, 2.24) is 9.97 Å². The Hall–Kier alpha value is -2.62. The number of carbonyl (C=O) groups excluding carboxylic acids is 1. The van der Waals surface area contributed by atoms with Crippen molar-refractivity contribution < 1.29 is 13.2 Å². The topological polar surface area (TPSA) is 92.3 Å². The van der Waals surface area contributed by atoms with Crippen molar-refractivity contribution >= 4 is 50.7 Å². The third-order valence-electron chi connectivity index (χ3n) is 4.92. The Morgan fingerprint density at radius 1 is 1.19 bits per heavy atom. The molecule has 160 valence electrons. The highest BCUT2D eigenvalue weighted by Crippen LogP contribution is 2.42. The molecule has 0 bridgehead atoms. The van der Waals surface area contributed by atoms with Gasteiger partial charge in [-0.2, -0.15) is 0 Å². The lowest BCUT2D eigenvalue weighted by molar-refractivity contribution is -0.113. The van der Waals surface area contributed by atoms with Gasteiger partial charge in [0.1, 0.15) is 4.90 Å². The number of benzene rings is 2. The number of hydrogen-bond donors (Lipinski definition) is 1. The standard InChI is InChI=1S/C21H19ClN4O3S2/c1-12-4-5-13(2)16(8-12)24-19(27)11-30-21-23-10-18-20(25-21)15-9-14(22)6-7-17(15)26(3)31(18,28)29/h4-10H,11H2,1-3H3,(H,24,27).